The first-order chi connectivity index (χ1) is 10.8. The molecule has 1 atom stereocenters. The van der Waals surface area contributed by atoms with E-state index in [1.165, 1.54) is 6.26 Å². The van der Waals surface area contributed by atoms with Crippen molar-refractivity contribution in [3.63, 3.8) is 0 Å². The molecule has 1 heterocycles. The molecule has 0 spiro atoms. The van der Waals surface area contributed by atoms with Crippen LogP contribution in [0.2, 0.25) is 5.02 Å². The Morgan fingerprint density at radius 1 is 1.39 bits per heavy atom. The van der Waals surface area contributed by atoms with E-state index in [9.17, 15) is 17.9 Å². The van der Waals surface area contributed by atoms with Gasteiger partial charge < -0.3 is 9.52 Å². The second kappa shape index (κ2) is 5.90. The van der Waals surface area contributed by atoms with Gasteiger partial charge in [-0.05, 0) is 49.1 Å². The van der Waals surface area contributed by atoms with Crippen LogP contribution in [0.3, 0.4) is 0 Å². The fourth-order valence-electron chi connectivity index (χ4n) is 2.45. The maximum atomic E-state index is 13.2. The molecular weight excluding hydrogens is 345 g/mol. The molecule has 0 saturated heterocycles. The quantitative estimate of drug-likeness (QED) is 0.831. The summed E-state index contributed by atoms with van der Waals surface area (Å²) in [6.45, 7) is -0.234. The van der Waals surface area contributed by atoms with Crippen LogP contribution in [-0.4, -0.2) is 20.1 Å². The summed E-state index contributed by atoms with van der Waals surface area (Å²) in [5.41, 5.74) is -1.40. The topological polar surface area (TPSA) is 79.5 Å². The number of aliphatic hydroxyl groups is 1. The third-order valence-electron chi connectivity index (χ3n) is 3.93. The van der Waals surface area contributed by atoms with E-state index in [2.05, 4.69) is 4.72 Å². The van der Waals surface area contributed by atoms with Crippen LogP contribution >= 0.6 is 11.6 Å². The number of rotatable bonds is 6. The van der Waals surface area contributed by atoms with E-state index in [-0.39, 0.29) is 22.4 Å². The highest BCUT2D eigenvalue weighted by Crippen LogP contribution is 2.45. The van der Waals surface area contributed by atoms with Gasteiger partial charge in [0.1, 0.15) is 17.2 Å². The molecule has 1 saturated carbocycles. The van der Waals surface area contributed by atoms with Crippen molar-refractivity contribution < 1.29 is 22.3 Å². The smallest absolute Gasteiger partial charge is 0.240 e. The molecule has 2 aromatic rings. The molecule has 1 unspecified atom stereocenters. The Labute approximate surface area is 138 Å². The van der Waals surface area contributed by atoms with Crippen molar-refractivity contribution in [1.82, 2.24) is 4.72 Å². The minimum absolute atomic E-state index is 0.0619. The minimum atomic E-state index is -3.93. The molecule has 8 heteroatoms. The summed E-state index contributed by atoms with van der Waals surface area (Å²) in [7, 11) is -3.93. The van der Waals surface area contributed by atoms with Gasteiger partial charge in [-0.3, -0.25) is 0 Å². The Morgan fingerprint density at radius 3 is 2.70 bits per heavy atom. The van der Waals surface area contributed by atoms with E-state index in [0.29, 0.717) is 5.76 Å². The average molecular weight is 360 g/mol. The maximum Gasteiger partial charge on any atom is 0.240 e. The summed E-state index contributed by atoms with van der Waals surface area (Å²) in [6, 6.07) is 6.38. The summed E-state index contributed by atoms with van der Waals surface area (Å²) in [6.07, 6.45) is 3.01. The fraction of sp³-hybridized carbons (Fsp3) is 0.333. The van der Waals surface area contributed by atoms with Crippen LogP contribution in [0.15, 0.2) is 45.9 Å². The molecular formula is C15H15ClFNO4S. The highest BCUT2D eigenvalue weighted by atomic mass is 35.5. The monoisotopic (exact) mass is 359 g/mol. The zero-order valence-corrected chi connectivity index (χ0v) is 13.6. The van der Waals surface area contributed by atoms with E-state index in [1.54, 1.807) is 12.1 Å². The highest BCUT2D eigenvalue weighted by molar-refractivity contribution is 7.89. The van der Waals surface area contributed by atoms with Crippen molar-refractivity contribution in [2.45, 2.75) is 23.3 Å². The molecule has 1 aromatic carbocycles. The van der Waals surface area contributed by atoms with Crippen molar-refractivity contribution in [1.29, 1.82) is 0 Å². The lowest BCUT2D eigenvalue weighted by Gasteiger charge is -2.26. The van der Waals surface area contributed by atoms with E-state index < -0.39 is 21.4 Å². The number of halogens is 2. The summed E-state index contributed by atoms with van der Waals surface area (Å²) < 4.78 is 45.4. The van der Waals surface area contributed by atoms with E-state index >= 15 is 0 Å². The SMILES string of the molecule is O=S(=O)(NCC(O)(c1ccco1)C1CC1)c1ccc(F)c(Cl)c1. The molecule has 0 aliphatic heterocycles. The van der Waals surface area contributed by atoms with Crippen LogP contribution in [0, 0.1) is 11.7 Å². The lowest BCUT2D eigenvalue weighted by molar-refractivity contribution is -0.00224. The molecule has 0 radical (unpaired) electrons. The number of sulfonamides is 1. The highest BCUT2D eigenvalue weighted by Gasteiger charge is 2.47. The van der Waals surface area contributed by atoms with Crippen LogP contribution < -0.4 is 4.72 Å². The largest absolute Gasteiger partial charge is 0.466 e. The van der Waals surface area contributed by atoms with Crippen molar-refractivity contribution >= 4 is 21.6 Å². The lowest BCUT2D eigenvalue weighted by atomic mass is 9.95. The molecule has 5 nitrogen and oxygen atoms in total. The zero-order valence-electron chi connectivity index (χ0n) is 12.0. The van der Waals surface area contributed by atoms with Crippen LogP contribution in [0.5, 0.6) is 0 Å². The first kappa shape index (κ1) is 16.4. The van der Waals surface area contributed by atoms with Gasteiger partial charge in [-0.25, -0.2) is 17.5 Å². The van der Waals surface area contributed by atoms with Gasteiger partial charge in [-0.1, -0.05) is 11.6 Å². The Hall–Kier alpha value is -1.41. The molecule has 2 N–H and O–H groups in total. The van der Waals surface area contributed by atoms with Gasteiger partial charge >= 0.3 is 0 Å². The molecule has 23 heavy (non-hydrogen) atoms. The van der Waals surface area contributed by atoms with Gasteiger partial charge in [-0.2, -0.15) is 0 Å². The van der Waals surface area contributed by atoms with E-state index in [4.69, 9.17) is 16.0 Å². The molecule has 0 bridgehead atoms. The number of nitrogens with one attached hydrogen (secondary N) is 1. The average Bonchev–Trinajstić information content (AvgIpc) is 3.23. The molecule has 3 rings (SSSR count). The molecule has 1 fully saturated rings. The Kier molecular flexibility index (Phi) is 4.22. The Morgan fingerprint density at radius 2 is 2.13 bits per heavy atom. The Bertz CT molecular complexity index is 805. The second-order valence-electron chi connectivity index (χ2n) is 5.58. The van der Waals surface area contributed by atoms with Crippen molar-refractivity contribution in [2.75, 3.05) is 6.54 Å². The van der Waals surface area contributed by atoms with Gasteiger partial charge in [0.15, 0.2) is 0 Å². The third kappa shape index (κ3) is 3.28. The first-order valence-corrected chi connectivity index (χ1v) is 8.90. The molecule has 0 amide bonds. The summed E-state index contributed by atoms with van der Waals surface area (Å²) >= 11 is 5.62. The fourth-order valence-corrected chi connectivity index (χ4v) is 3.79. The molecule has 1 aliphatic carbocycles. The van der Waals surface area contributed by atoms with Gasteiger partial charge in [0.25, 0.3) is 0 Å². The van der Waals surface area contributed by atoms with Crippen molar-refractivity contribution in [2.24, 2.45) is 5.92 Å². The predicted octanol–water partition coefficient (Wildman–Crippen LogP) is 2.65. The van der Waals surface area contributed by atoms with Gasteiger partial charge in [-0.15, -0.1) is 0 Å². The van der Waals surface area contributed by atoms with Gasteiger partial charge in [0.05, 0.1) is 16.2 Å². The second-order valence-corrected chi connectivity index (χ2v) is 7.75. The summed E-state index contributed by atoms with van der Waals surface area (Å²) in [4.78, 5) is -0.165. The number of hydrogen-bond donors (Lipinski definition) is 2. The number of benzene rings is 1. The molecule has 124 valence electrons. The van der Waals surface area contributed by atoms with Crippen LogP contribution in [0.25, 0.3) is 0 Å². The summed E-state index contributed by atoms with van der Waals surface area (Å²) in [5.74, 6) is -0.441. The van der Waals surface area contributed by atoms with Gasteiger partial charge in [0.2, 0.25) is 10.0 Å². The Balaban J connectivity index is 1.81. The first-order valence-electron chi connectivity index (χ1n) is 7.04. The zero-order chi connectivity index (χ0) is 16.7. The van der Waals surface area contributed by atoms with Crippen LogP contribution in [0.1, 0.15) is 18.6 Å². The molecule has 1 aromatic heterocycles. The van der Waals surface area contributed by atoms with E-state index in [0.717, 1.165) is 31.0 Å². The van der Waals surface area contributed by atoms with Crippen molar-refractivity contribution in [3.05, 3.63) is 53.2 Å². The van der Waals surface area contributed by atoms with Gasteiger partial charge in [0, 0.05) is 6.54 Å². The van der Waals surface area contributed by atoms with Crippen LogP contribution in [0.4, 0.5) is 4.39 Å². The van der Waals surface area contributed by atoms with E-state index in [1.807, 2.05) is 0 Å². The standard InChI is InChI=1S/C15H15ClFNO4S/c16-12-8-11(5-6-13(12)17)23(20,21)18-9-15(19,10-3-4-10)14-2-1-7-22-14/h1-2,5-8,10,18-19H,3-4,9H2. The van der Waals surface area contributed by atoms with Crippen molar-refractivity contribution in [3.8, 4) is 0 Å². The normalized spacial score (nSPS) is 17.9. The third-order valence-corrected chi connectivity index (χ3v) is 5.62. The number of hydrogen-bond acceptors (Lipinski definition) is 4. The predicted molar refractivity (Wildman–Crippen MR) is 81.9 cm³/mol. The molecule has 1 aliphatic rings. The van der Waals surface area contributed by atoms with Crippen LogP contribution in [-0.2, 0) is 15.6 Å². The summed E-state index contributed by atoms with van der Waals surface area (Å²) in [5, 5.41) is 10.5. The maximum absolute atomic E-state index is 13.2. The number of furan rings is 1. The minimum Gasteiger partial charge on any atom is -0.466 e. The lowest BCUT2D eigenvalue weighted by Crippen LogP contribution is -2.42.